The van der Waals surface area contributed by atoms with Gasteiger partial charge in [0.15, 0.2) is 0 Å². The van der Waals surface area contributed by atoms with E-state index in [0.717, 1.165) is 45.2 Å². The lowest BCUT2D eigenvalue weighted by Crippen LogP contribution is -2.49. The highest BCUT2D eigenvalue weighted by Gasteiger charge is 2.41. The molecule has 25 heavy (non-hydrogen) atoms. The van der Waals surface area contributed by atoms with Crippen LogP contribution >= 0.6 is 0 Å². The first kappa shape index (κ1) is 16.6. The van der Waals surface area contributed by atoms with E-state index in [0.29, 0.717) is 19.0 Å². The fraction of sp³-hybridized carbons (Fsp3) is 0.737. The normalized spacial score (nSPS) is 28.1. The molecule has 0 spiro atoms. The van der Waals surface area contributed by atoms with Crippen molar-refractivity contribution < 1.29 is 9.59 Å². The number of carbonyl (C=O) groups excluding carboxylic acids is 2. The van der Waals surface area contributed by atoms with Gasteiger partial charge < -0.3 is 9.80 Å². The Kier molecular flexibility index (Phi) is 4.77. The van der Waals surface area contributed by atoms with Crippen LogP contribution in [-0.4, -0.2) is 56.6 Å². The van der Waals surface area contributed by atoms with Gasteiger partial charge in [-0.2, -0.15) is 5.10 Å². The molecule has 0 bridgehead atoms. The highest BCUT2D eigenvalue weighted by atomic mass is 16.2. The van der Waals surface area contributed by atoms with Gasteiger partial charge in [-0.15, -0.1) is 0 Å². The maximum Gasteiger partial charge on any atom is 0.228 e. The average molecular weight is 344 g/mol. The summed E-state index contributed by atoms with van der Waals surface area (Å²) in [6.07, 6.45) is 12.0. The van der Waals surface area contributed by atoms with Crippen molar-refractivity contribution in [2.75, 3.05) is 13.1 Å². The third-order valence-corrected chi connectivity index (χ3v) is 6.14. The molecule has 1 aromatic rings. The Morgan fingerprint density at radius 3 is 2.72 bits per heavy atom. The Hall–Kier alpha value is -1.85. The molecule has 4 rings (SSSR count). The molecule has 3 fully saturated rings. The molecule has 136 valence electrons. The first-order valence-electron chi connectivity index (χ1n) is 9.80. The first-order chi connectivity index (χ1) is 12.2. The molecule has 0 N–H and O–H groups in total. The standard InChI is InChI=1S/C19H28N4O2/c24-18-12-15(13-23(18)16-6-1-2-7-16)19(25)22-11-4-3-8-17(22)14-21-10-5-9-20-21/h5,9-10,15-17H,1-4,6-8,11-14H2/t15-,17-/m0/s1. The Bertz CT molecular complexity index is 609. The lowest BCUT2D eigenvalue weighted by atomic mass is 9.98. The third kappa shape index (κ3) is 3.44. The fourth-order valence-corrected chi connectivity index (χ4v) is 4.81. The van der Waals surface area contributed by atoms with Gasteiger partial charge in [-0.1, -0.05) is 12.8 Å². The van der Waals surface area contributed by atoms with Crippen LogP contribution in [0.5, 0.6) is 0 Å². The van der Waals surface area contributed by atoms with Crippen LogP contribution in [0.2, 0.25) is 0 Å². The van der Waals surface area contributed by atoms with E-state index in [-0.39, 0.29) is 23.8 Å². The smallest absolute Gasteiger partial charge is 0.228 e. The zero-order chi connectivity index (χ0) is 17.2. The largest absolute Gasteiger partial charge is 0.339 e. The molecule has 2 saturated heterocycles. The topological polar surface area (TPSA) is 58.4 Å². The molecule has 2 amide bonds. The van der Waals surface area contributed by atoms with Crippen LogP contribution in [0.4, 0.5) is 0 Å². The second-order valence-corrected chi connectivity index (χ2v) is 7.79. The van der Waals surface area contributed by atoms with Gasteiger partial charge in [-0.05, 0) is 38.2 Å². The minimum atomic E-state index is -0.147. The van der Waals surface area contributed by atoms with Crippen LogP contribution in [0, 0.1) is 5.92 Å². The highest BCUT2D eigenvalue weighted by molar-refractivity contribution is 5.89. The van der Waals surface area contributed by atoms with Gasteiger partial charge in [0.2, 0.25) is 11.8 Å². The zero-order valence-electron chi connectivity index (χ0n) is 14.8. The monoisotopic (exact) mass is 344 g/mol. The van der Waals surface area contributed by atoms with Gasteiger partial charge >= 0.3 is 0 Å². The molecule has 6 heteroatoms. The lowest BCUT2D eigenvalue weighted by molar-refractivity contribution is -0.139. The summed E-state index contributed by atoms with van der Waals surface area (Å²) in [5.74, 6) is 0.225. The van der Waals surface area contributed by atoms with Crippen molar-refractivity contribution in [2.24, 2.45) is 5.92 Å². The minimum Gasteiger partial charge on any atom is -0.339 e. The SMILES string of the molecule is O=C1C[C@H](C(=O)N2CCCC[C@H]2Cn2cccn2)CN1C1CCCC1. The predicted octanol–water partition coefficient (Wildman–Crippen LogP) is 2.06. The van der Waals surface area contributed by atoms with Crippen molar-refractivity contribution in [3.8, 4) is 0 Å². The summed E-state index contributed by atoms with van der Waals surface area (Å²) >= 11 is 0. The number of hydrogen-bond donors (Lipinski definition) is 0. The fourth-order valence-electron chi connectivity index (χ4n) is 4.81. The molecule has 6 nitrogen and oxygen atoms in total. The Morgan fingerprint density at radius 2 is 1.96 bits per heavy atom. The number of hydrogen-bond acceptors (Lipinski definition) is 3. The van der Waals surface area contributed by atoms with Gasteiger partial charge in [0.05, 0.1) is 18.5 Å². The van der Waals surface area contributed by atoms with E-state index in [2.05, 4.69) is 5.10 Å². The molecule has 2 aliphatic heterocycles. The maximum atomic E-state index is 13.2. The van der Waals surface area contributed by atoms with Crippen LogP contribution in [0.3, 0.4) is 0 Å². The summed E-state index contributed by atoms with van der Waals surface area (Å²) in [5.41, 5.74) is 0. The van der Waals surface area contributed by atoms with Crippen LogP contribution in [0.25, 0.3) is 0 Å². The van der Waals surface area contributed by atoms with E-state index >= 15 is 0 Å². The van der Waals surface area contributed by atoms with E-state index in [1.807, 2.05) is 26.7 Å². The van der Waals surface area contributed by atoms with Crippen molar-refractivity contribution in [3.63, 3.8) is 0 Å². The first-order valence-corrected chi connectivity index (χ1v) is 9.80. The van der Waals surface area contributed by atoms with Crippen LogP contribution in [0.15, 0.2) is 18.5 Å². The van der Waals surface area contributed by atoms with Gasteiger partial charge in [-0.25, -0.2) is 0 Å². The number of piperidine rings is 1. The Labute approximate surface area is 149 Å². The zero-order valence-corrected chi connectivity index (χ0v) is 14.8. The van der Waals surface area contributed by atoms with Gasteiger partial charge in [0.25, 0.3) is 0 Å². The summed E-state index contributed by atoms with van der Waals surface area (Å²) < 4.78 is 1.92. The van der Waals surface area contributed by atoms with E-state index < -0.39 is 0 Å². The van der Waals surface area contributed by atoms with Crippen molar-refractivity contribution in [1.82, 2.24) is 19.6 Å². The molecule has 0 unspecified atom stereocenters. The summed E-state index contributed by atoms with van der Waals surface area (Å²) in [7, 11) is 0. The number of likely N-dealkylation sites (tertiary alicyclic amines) is 2. The molecule has 1 saturated carbocycles. The molecular formula is C19H28N4O2. The van der Waals surface area contributed by atoms with E-state index in [1.165, 1.54) is 12.8 Å². The molecule has 3 aliphatic rings. The second-order valence-electron chi connectivity index (χ2n) is 7.79. The summed E-state index contributed by atoms with van der Waals surface area (Å²) in [6.45, 7) is 2.21. The van der Waals surface area contributed by atoms with Gasteiger partial charge in [0.1, 0.15) is 0 Å². The van der Waals surface area contributed by atoms with Gasteiger partial charge in [0, 0.05) is 37.9 Å². The highest BCUT2D eigenvalue weighted by Crippen LogP contribution is 2.31. The molecular weight excluding hydrogens is 316 g/mol. The lowest BCUT2D eigenvalue weighted by Gasteiger charge is -2.37. The molecule has 0 aromatic carbocycles. The number of rotatable bonds is 4. The van der Waals surface area contributed by atoms with E-state index in [9.17, 15) is 9.59 Å². The van der Waals surface area contributed by atoms with Crippen molar-refractivity contribution >= 4 is 11.8 Å². The van der Waals surface area contributed by atoms with Crippen molar-refractivity contribution in [1.29, 1.82) is 0 Å². The van der Waals surface area contributed by atoms with E-state index in [4.69, 9.17) is 0 Å². The molecule has 0 radical (unpaired) electrons. The predicted molar refractivity (Wildman–Crippen MR) is 93.7 cm³/mol. The maximum absolute atomic E-state index is 13.2. The van der Waals surface area contributed by atoms with Gasteiger partial charge in [-0.3, -0.25) is 14.3 Å². The quantitative estimate of drug-likeness (QED) is 0.840. The third-order valence-electron chi connectivity index (χ3n) is 6.14. The number of aromatic nitrogens is 2. The molecule has 1 aliphatic carbocycles. The minimum absolute atomic E-state index is 0.147. The van der Waals surface area contributed by atoms with Crippen LogP contribution in [-0.2, 0) is 16.1 Å². The Morgan fingerprint density at radius 1 is 1.16 bits per heavy atom. The Balaban J connectivity index is 1.42. The number of amides is 2. The molecule has 3 heterocycles. The van der Waals surface area contributed by atoms with Crippen molar-refractivity contribution in [2.45, 2.75) is 70.0 Å². The molecule has 1 aromatic heterocycles. The summed E-state index contributed by atoms with van der Waals surface area (Å²) in [5, 5.41) is 4.29. The number of nitrogens with zero attached hydrogens (tertiary/aromatic N) is 4. The summed E-state index contributed by atoms with van der Waals surface area (Å²) in [4.78, 5) is 29.6. The van der Waals surface area contributed by atoms with Crippen LogP contribution < -0.4 is 0 Å². The van der Waals surface area contributed by atoms with Crippen LogP contribution in [0.1, 0.15) is 51.4 Å². The summed E-state index contributed by atoms with van der Waals surface area (Å²) in [6, 6.07) is 2.51. The molecule has 2 atom stereocenters. The van der Waals surface area contributed by atoms with Crippen molar-refractivity contribution in [3.05, 3.63) is 18.5 Å². The van der Waals surface area contributed by atoms with E-state index in [1.54, 1.807) is 6.20 Å². The average Bonchev–Trinajstić information content (AvgIpc) is 3.36. The number of carbonyl (C=O) groups is 2. The second kappa shape index (κ2) is 7.18.